The van der Waals surface area contributed by atoms with Crippen molar-refractivity contribution in [2.45, 2.75) is 6.92 Å². The molecule has 0 saturated carbocycles. The highest BCUT2D eigenvalue weighted by Crippen LogP contribution is 1.75. The number of rotatable bonds is 1. The third-order valence-corrected chi connectivity index (χ3v) is 1.02. The molecule has 0 bridgehead atoms. The zero-order valence-electron chi connectivity index (χ0n) is 5.93. The second-order valence-corrected chi connectivity index (χ2v) is 1.83. The van der Waals surface area contributed by atoms with E-state index in [1.54, 1.807) is 14.0 Å². The maximum absolute atomic E-state index is 10.6. The molecule has 0 spiro atoms. The standard InChI is InChI=1S/C5H10N2O2S/c1-3-9-5(8)7-4(10)6-2/h3H2,1-2H3,(H2,6,7,8,10). The lowest BCUT2D eigenvalue weighted by molar-refractivity contribution is 0.158. The van der Waals surface area contributed by atoms with Gasteiger partial charge >= 0.3 is 6.09 Å². The summed E-state index contributed by atoms with van der Waals surface area (Å²) in [4.78, 5) is 10.6. The van der Waals surface area contributed by atoms with Gasteiger partial charge in [-0.25, -0.2) is 4.79 Å². The Hall–Kier alpha value is -0.840. The molecule has 0 radical (unpaired) electrons. The van der Waals surface area contributed by atoms with Crippen molar-refractivity contribution in [1.82, 2.24) is 10.6 Å². The molecule has 0 aliphatic carbocycles. The molecule has 0 rings (SSSR count). The van der Waals surface area contributed by atoms with Gasteiger partial charge in [-0.3, -0.25) is 5.32 Å². The molecule has 0 aliphatic heterocycles. The van der Waals surface area contributed by atoms with Crippen LogP contribution in [0.5, 0.6) is 0 Å². The molecule has 0 saturated heterocycles. The summed E-state index contributed by atoms with van der Waals surface area (Å²) in [5.41, 5.74) is 0. The second-order valence-electron chi connectivity index (χ2n) is 1.42. The molecule has 0 aromatic carbocycles. The van der Waals surface area contributed by atoms with Crippen LogP contribution in [0.1, 0.15) is 6.92 Å². The maximum Gasteiger partial charge on any atom is 0.413 e. The number of ether oxygens (including phenoxy) is 1. The van der Waals surface area contributed by atoms with Gasteiger partial charge in [0.05, 0.1) is 6.61 Å². The van der Waals surface area contributed by atoms with Gasteiger partial charge < -0.3 is 10.1 Å². The van der Waals surface area contributed by atoms with Crippen molar-refractivity contribution in [2.75, 3.05) is 13.7 Å². The van der Waals surface area contributed by atoms with Crippen LogP contribution in [0.25, 0.3) is 0 Å². The summed E-state index contributed by atoms with van der Waals surface area (Å²) in [6, 6.07) is 0. The lowest BCUT2D eigenvalue weighted by atomic mass is 10.8. The van der Waals surface area contributed by atoms with Crippen LogP contribution in [-0.2, 0) is 4.74 Å². The SMILES string of the molecule is CCOC(=O)NC(=S)NC. The van der Waals surface area contributed by atoms with Gasteiger partial charge in [0.15, 0.2) is 5.11 Å². The molecular formula is C5H10N2O2S. The largest absolute Gasteiger partial charge is 0.450 e. The first-order valence-corrected chi connectivity index (χ1v) is 3.27. The summed E-state index contributed by atoms with van der Waals surface area (Å²) >= 11 is 4.62. The Bertz CT molecular complexity index is 138. The molecule has 0 aliphatic rings. The first-order chi connectivity index (χ1) is 4.70. The molecule has 58 valence electrons. The molecule has 1 amide bonds. The number of nitrogens with one attached hydrogen (secondary N) is 2. The quantitative estimate of drug-likeness (QED) is 0.542. The zero-order valence-corrected chi connectivity index (χ0v) is 6.75. The van der Waals surface area contributed by atoms with Crippen LogP contribution in [0.4, 0.5) is 4.79 Å². The van der Waals surface area contributed by atoms with E-state index < -0.39 is 6.09 Å². The highest BCUT2D eigenvalue weighted by atomic mass is 32.1. The van der Waals surface area contributed by atoms with Gasteiger partial charge in [0.2, 0.25) is 0 Å². The zero-order chi connectivity index (χ0) is 7.98. The average molecular weight is 162 g/mol. The summed E-state index contributed by atoms with van der Waals surface area (Å²) in [5, 5.41) is 5.13. The molecule has 0 atom stereocenters. The van der Waals surface area contributed by atoms with E-state index in [1.807, 2.05) is 0 Å². The number of carbonyl (C=O) groups excluding carboxylic acids is 1. The molecule has 0 heterocycles. The van der Waals surface area contributed by atoms with Crippen LogP contribution in [0.3, 0.4) is 0 Å². The number of thiocarbonyl (C=S) groups is 1. The first-order valence-electron chi connectivity index (χ1n) is 2.86. The average Bonchev–Trinajstić information content (AvgIpc) is 1.88. The number of carbonyl (C=O) groups is 1. The summed E-state index contributed by atoms with van der Waals surface area (Å²) in [7, 11) is 1.62. The minimum absolute atomic E-state index is 0.262. The van der Waals surface area contributed by atoms with Gasteiger partial charge in [0.25, 0.3) is 0 Å². The fourth-order valence-corrected chi connectivity index (χ4v) is 0.406. The Morgan fingerprint density at radius 3 is 2.70 bits per heavy atom. The van der Waals surface area contributed by atoms with Crippen molar-refractivity contribution in [3.63, 3.8) is 0 Å². The van der Waals surface area contributed by atoms with Crippen LogP contribution in [0.2, 0.25) is 0 Å². The third-order valence-electron chi connectivity index (χ3n) is 0.718. The molecule has 0 fully saturated rings. The van der Waals surface area contributed by atoms with Crippen molar-refractivity contribution >= 4 is 23.4 Å². The molecule has 4 nitrogen and oxygen atoms in total. The van der Waals surface area contributed by atoms with E-state index in [9.17, 15) is 4.79 Å². The summed E-state index contributed by atoms with van der Waals surface area (Å²) in [5.74, 6) is 0. The predicted molar refractivity (Wildman–Crippen MR) is 41.8 cm³/mol. The van der Waals surface area contributed by atoms with Crippen molar-refractivity contribution in [2.24, 2.45) is 0 Å². The summed E-state index contributed by atoms with van der Waals surface area (Å²) in [6.45, 7) is 2.07. The second kappa shape index (κ2) is 4.99. The maximum atomic E-state index is 10.6. The van der Waals surface area contributed by atoms with E-state index in [2.05, 4.69) is 27.6 Å². The molecular weight excluding hydrogens is 152 g/mol. The summed E-state index contributed by atoms with van der Waals surface area (Å²) < 4.78 is 4.54. The fourth-order valence-electron chi connectivity index (χ4n) is 0.322. The topological polar surface area (TPSA) is 50.4 Å². The smallest absolute Gasteiger partial charge is 0.413 e. The number of alkyl carbamates (subject to hydrolysis) is 1. The van der Waals surface area contributed by atoms with Crippen molar-refractivity contribution in [1.29, 1.82) is 0 Å². The van der Waals surface area contributed by atoms with Crippen LogP contribution in [0.15, 0.2) is 0 Å². The molecule has 2 N–H and O–H groups in total. The first kappa shape index (κ1) is 9.16. The Balaban J connectivity index is 3.47. The lowest BCUT2D eigenvalue weighted by Crippen LogP contribution is -2.37. The van der Waals surface area contributed by atoms with Crippen molar-refractivity contribution in [3.8, 4) is 0 Å². The van der Waals surface area contributed by atoms with Crippen LogP contribution < -0.4 is 10.6 Å². The Kier molecular flexibility index (Phi) is 4.57. The molecule has 10 heavy (non-hydrogen) atoms. The van der Waals surface area contributed by atoms with E-state index in [-0.39, 0.29) is 5.11 Å². The minimum Gasteiger partial charge on any atom is -0.450 e. The highest BCUT2D eigenvalue weighted by molar-refractivity contribution is 7.80. The van der Waals surface area contributed by atoms with E-state index in [1.165, 1.54) is 0 Å². The van der Waals surface area contributed by atoms with E-state index in [4.69, 9.17) is 0 Å². The monoisotopic (exact) mass is 162 g/mol. The van der Waals surface area contributed by atoms with Gasteiger partial charge in [-0.2, -0.15) is 0 Å². The van der Waals surface area contributed by atoms with Gasteiger partial charge in [0.1, 0.15) is 0 Å². The van der Waals surface area contributed by atoms with E-state index in [0.717, 1.165) is 0 Å². The number of amides is 1. The Morgan fingerprint density at radius 2 is 2.30 bits per heavy atom. The van der Waals surface area contributed by atoms with Crippen LogP contribution >= 0.6 is 12.2 Å². The molecule has 5 heteroatoms. The molecule has 0 aromatic rings. The number of hydrogen-bond acceptors (Lipinski definition) is 3. The van der Waals surface area contributed by atoms with E-state index >= 15 is 0 Å². The predicted octanol–water partition coefficient (Wildman–Crippen LogP) is 0.237. The minimum atomic E-state index is -0.526. The molecule has 0 aromatic heterocycles. The Labute approximate surface area is 64.9 Å². The van der Waals surface area contributed by atoms with Gasteiger partial charge in [-0.1, -0.05) is 0 Å². The van der Waals surface area contributed by atoms with E-state index in [0.29, 0.717) is 6.61 Å². The van der Waals surface area contributed by atoms with Crippen LogP contribution in [0, 0.1) is 0 Å². The number of hydrogen-bond donors (Lipinski definition) is 2. The fraction of sp³-hybridized carbons (Fsp3) is 0.600. The Morgan fingerprint density at radius 1 is 1.70 bits per heavy atom. The third kappa shape index (κ3) is 4.08. The molecule has 0 unspecified atom stereocenters. The van der Waals surface area contributed by atoms with Gasteiger partial charge in [-0.05, 0) is 19.1 Å². The van der Waals surface area contributed by atoms with Crippen molar-refractivity contribution < 1.29 is 9.53 Å². The highest BCUT2D eigenvalue weighted by Gasteiger charge is 2.00. The van der Waals surface area contributed by atoms with Crippen molar-refractivity contribution in [3.05, 3.63) is 0 Å². The van der Waals surface area contributed by atoms with Gasteiger partial charge in [-0.15, -0.1) is 0 Å². The lowest BCUT2D eigenvalue weighted by Gasteiger charge is -2.04. The normalized spacial score (nSPS) is 8.20. The summed E-state index contributed by atoms with van der Waals surface area (Å²) in [6.07, 6.45) is -0.526. The van der Waals surface area contributed by atoms with Gasteiger partial charge in [0, 0.05) is 7.05 Å². The van der Waals surface area contributed by atoms with Crippen LogP contribution in [-0.4, -0.2) is 24.9 Å².